The molecule has 31 heavy (non-hydrogen) atoms. The predicted molar refractivity (Wildman–Crippen MR) is 123 cm³/mol. The maximum atomic E-state index is 13.2. The third-order valence-corrected chi connectivity index (χ3v) is 8.26. The monoisotopic (exact) mass is 472 g/mol. The van der Waals surface area contributed by atoms with Crippen molar-refractivity contribution in [3.05, 3.63) is 93.4 Å². The molecule has 1 aromatic carbocycles. The van der Waals surface area contributed by atoms with E-state index in [1.165, 1.54) is 4.88 Å². The number of nitrogens with one attached hydrogen (secondary N) is 1. The number of nitrogens with zero attached hydrogens (tertiary/aromatic N) is 1. The fourth-order valence-electron chi connectivity index (χ4n) is 3.03. The first-order valence-electron chi connectivity index (χ1n) is 9.44. The van der Waals surface area contributed by atoms with Crippen molar-refractivity contribution < 1.29 is 17.6 Å². The van der Waals surface area contributed by atoms with Gasteiger partial charge in [-0.05, 0) is 66.9 Å². The van der Waals surface area contributed by atoms with Crippen LogP contribution >= 0.6 is 22.7 Å². The number of hydrogen-bond donors (Lipinski definition) is 1. The molecule has 1 N–H and O–H groups in total. The second kappa shape index (κ2) is 9.09. The number of sulfonamides is 1. The van der Waals surface area contributed by atoms with Crippen molar-refractivity contribution in [2.24, 2.45) is 0 Å². The van der Waals surface area contributed by atoms with Crippen LogP contribution in [0.5, 0.6) is 0 Å². The molecule has 160 valence electrons. The second-order valence-electron chi connectivity index (χ2n) is 6.87. The van der Waals surface area contributed by atoms with Gasteiger partial charge in [-0.1, -0.05) is 6.07 Å². The van der Waals surface area contributed by atoms with Crippen LogP contribution < -0.4 is 4.72 Å². The number of aryl methyl sites for hydroxylation is 1. The van der Waals surface area contributed by atoms with Gasteiger partial charge in [0.05, 0.1) is 19.4 Å². The van der Waals surface area contributed by atoms with Crippen molar-refractivity contribution in [3.8, 4) is 0 Å². The van der Waals surface area contributed by atoms with Crippen molar-refractivity contribution in [2.75, 3.05) is 4.72 Å². The van der Waals surface area contributed by atoms with Crippen LogP contribution in [0.4, 0.5) is 5.69 Å². The van der Waals surface area contributed by atoms with Gasteiger partial charge in [0.1, 0.15) is 9.97 Å². The third kappa shape index (κ3) is 5.25. The average Bonchev–Trinajstić information content (AvgIpc) is 3.51. The van der Waals surface area contributed by atoms with Crippen LogP contribution in [0.3, 0.4) is 0 Å². The molecule has 0 aliphatic carbocycles. The number of hydrogen-bond acceptors (Lipinski definition) is 6. The average molecular weight is 473 g/mol. The van der Waals surface area contributed by atoms with E-state index in [1.807, 2.05) is 25.1 Å². The summed E-state index contributed by atoms with van der Waals surface area (Å²) in [6, 6.07) is 17.4. The summed E-state index contributed by atoms with van der Waals surface area (Å²) in [5, 5.41) is 1.71. The van der Waals surface area contributed by atoms with Gasteiger partial charge in [0, 0.05) is 21.0 Å². The lowest BCUT2D eigenvalue weighted by molar-refractivity contribution is 0.0719. The first-order chi connectivity index (χ1) is 14.9. The molecule has 9 heteroatoms. The Morgan fingerprint density at radius 1 is 1.03 bits per heavy atom. The molecule has 0 saturated heterocycles. The van der Waals surface area contributed by atoms with E-state index in [-0.39, 0.29) is 10.1 Å². The van der Waals surface area contributed by atoms with Gasteiger partial charge >= 0.3 is 0 Å². The molecule has 0 aliphatic rings. The van der Waals surface area contributed by atoms with Crippen molar-refractivity contribution in [1.29, 1.82) is 0 Å². The molecule has 0 unspecified atom stereocenters. The molecule has 0 fully saturated rings. The molecular formula is C22H20N2O4S3. The Hall–Kier alpha value is -2.88. The Labute approximate surface area is 188 Å². The molecule has 4 rings (SSSR count). The maximum Gasteiger partial charge on any atom is 0.271 e. The normalized spacial score (nSPS) is 11.4. The summed E-state index contributed by atoms with van der Waals surface area (Å²) in [5.41, 5.74) is 0.871. The van der Waals surface area contributed by atoms with E-state index >= 15 is 0 Å². The molecular weight excluding hydrogens is 452 g/mol. The minimum atomic E-state index is -3.63. The molecule has 3 heterocycles. The SMILES string of the molecule is Cc1ccc(CN(Cc2ccco2)C(=O)c2ccc(NS(=O)(=O)c3cccs3)cc2)s1. The molecule has 0 bridgehead atoms. The minimum absolute atomic E-state index is 0.157. The number of amides is 1. The van der Waals surface area contributed by atoms with Crippen LogP contribution in [-0.4, -0.2) is 19.2 Å². The van der Waals surface area contributed by atoms with Gasteiger partial charge in [0.25, 0.3) is 15.9 Å². The summed E-state index contributed by atoms with van der Waals surface area (Å²) in [5.74, 6) is 0.539. The lowest BCUT2D eigenvalue weighted by Crippen LogP contribution is -2.29. The summed E-state index contributed by atoms with van der Waals surface area (Å²) in [4.78, 5) is 17.2. The Morgan fingerprint density at radius 3 is 2.45 bits per heavy atom. The third-order valence-electron chi connectivity index (χ3n) is 4.50. The Bertz CT molecular complexity index is 1240. The first kappa shape index (κ1) is 21.4. The molecule has 4 aromatic rings. The van der Waals surface area contributed by atoms with Gasteiger partial charge in [-0.25, -0.2) is 8.42 Å². The molecule has 0 atom stereocenters. The van der Waals surface area contributed by atoms with E-state index in [2.05, 4.69) is 4.72 Å². The highest BCUT2D eigenvalue weighted by Gasteiger charge is 2.20. The quantitative estimate of drug-likeness (QED) is 0.375. The number of carbonyl (C=O) groups is 1. The van der Waals surface area contributed by atoms with E-state index in [1.54, 1.807) is 70.3 Å². The summed E-state index contributed by atoms with van der Waals surface area (Å²) >= 11 is 2.79. The fraction of sp³-hybridized carbons (Fsp3) is 0.136. The first-order valence-corrected chi connectivity index (χ1v) is 12.6. The summed E-state index contributed by atoms with van der Waals surface area (Å²) < 4.78 is 33.0. The number of furan rings is 1. The van der Waals surface area contributed by atoms with Gasteiger partial charge in [0.15, 0.2) is 0 Å². The number of rotatable bonds is 8. The highest BCUT2D eigenvalue weighted by molar-refractivity contribution is 7.94. The zero-order valence-corrected chi connectivity index (χ0v) is 19.1. The van der Waals surface area contributed by atoms with Crippen LogP contribution in [0, 0.1) is 6.92 Å². The summed E-state index contributed by atoms with van der Waals surface area (Å²) in [7, 11) is -3.63. The highest BCUT2D eigenvalue weighted by atomic mass is 32.2. The second-order valence-corrected chi connectivity index (χ2v) is 11.1. The number of thiophene rings is 2. The highest BCUT2D eigenvalue weighted by Crippen LogP contribution is 2.23. The largest absolute Gasteiger partial charge is 0.467 e. The van der Waals surface area contributed by atoms with Crippen LogP contribution in [0.1, 0.15) is 25.9 Å². The Kier molecular flexibility index (Phi) is 6.26. The molecule has 0 radical (unpaired) electrons. The molecule has 6 nitrogen and oxygen atoms in total. The van der Waals surface area contributed by atoms with Gasteiger partial charge < -0.3 is 9.32 Å². The lowest BCUT2D eigenvalue weighted by Gasteiger charge is -2.21. The zero-order valence-electron chi connectivity index (χ0n) is 16.6. The molecule has 0 aliphatic heterocycles. The topological polar surface area (TPSA) is 79.6 Å². The van der Waals surface area contributed by atoms with Crippen LogP contribution in [0.25, 0.3) is 0 Å². The van der Waals surface area contributed by atoms with Gasteiger partial charge in [-0.15, -0.1) is 22.7 Å². The maximum absolute atomic E-state index is 13.2. The molecule has 0 spiro atoms. The summed E-state index contributed by atoms with van der Waals surface area (Å²) in [6.45, 7) is 2.84. The minimum Gasteiger partial charge on any atom is -0.467 e. The smallest absolute Gasteiger partial charge is 0.271 e. The van der Waals surface area contributed by atoms with Crippen LogP contribution in [-0.2, 0) is 23.1 Å². The molecule has 0 saturated carbocycles. The standard InChI is InChI=1S/C22H20N2O4S3/c1-16-6-11-20(30-16)15-24(14-19-4-2-12-28-19)22(25)17-7-9-18(10-8-17)23-31(26,27)21-5-3-13-29-21/h2-13,23H,14-15H2,1H3. The van der Waals surface area contributed by atoms with Crippen molar-refractivity contribution in [2.45, 2.75) is 24.2 Å². The van der Waals surface area contributed by atoms with Gasteiger partial charge in [0.2, 0.25) is 0 Å². The number of benzene rings is 1. The van der Waals surface area contributed by atoms with Crippen LogP contribution in [0.15, 0.2) is 80.9 Å². The Balaban J connectivity index is 1.52. The van der Waals surface area contributed by atoms with Crippen molar-refractivity contribution >= 4 is 44.3 Å². The summed E-state index contributed by atoms with van der Waals surface area (Å²) in [6.07, 6.45) is 1.59. The van der Waals surface area contributed by atoms with E-state index in [9.17, 15) is 13.2 Å². The van der Waals surface area contributed by atoms with Gasteiger partial charge in [-0.3, -0.25) is 9.52 Å². The van der Waals surface area contributed by atoms with E-state index in [0.717, 1.165) is 16.2 Å². The molecule has 3 aromatic heterocycles. The van der Waals surface area contributed by atoms with Gasteiger partial charge in [-0.2, -0.15) is 0 Å². The van der Waals surface area contributed by atoms with Crippen molar-refractivity contribution in [1.82, 2.24) is 4.90 Å². The van der Waals surface area contributed by atoms with E-state index in [4.69, 9.17) is 4.42 Å². The van der Waals surface area contributed by atoms with Crippen molar-refractivity contribution in [3.63, 3.8) is 0 Å². The lowest BCUT2D eigenvalue weighted by atomic mass is 10.1. The number of anilines is 1. The number of carbonyl (C=O) groups excluding carboxylic acids is 1. The Morgan fingerprint density at radius 2 is 1.84 bits per heavy atom. The molecule has 1 amide bonds. The fourth-order valence-corrected chi connectivity index (χ4v) is 5.99. The zero-order chi connectivity index (χ0) is 21.8. The van der Waals surface area contributed by atoms with E-state index < -0.39 is 10.0 Å². The predicted octanol–water partition coefficient (Wildman–Crippen LogP) is 5.35. The van der Waals surface area contributed by atoms with E-state index in [0.29, 0.717) is 30.1 Å². The van der Waals surface area contributed by atoms with Crippen LogP contribution in [0.2, 0.25) is 0 Å².